The number of hydrogen-bond acceptors (Lipinski definition) is 1. The lowest BCUT2D eigenvalue weighted by molar-refractivity contribution is 0.666. The molecule has 0 atom stereocenters. The SMILES string of the molecule is CCCNCc1ccc(Cl)cc1C(C)C. The van der Waals surface area contributed by atoms with Gasteiger partial charge in [0, 0.05) is 11.6 Å². The van der Waals surface area contributed by atoms with Crippen LogP contribution in [0.2, 0.25) is 5.02 Å². The zero-order valence-corrected chi connectivity index (χ0v) is 10.6. The molecular weight excluding hydrogens is 206 g/mol. The molecule has 0 saturated carbocycles. The number of halogens is 1. The third-order valence-electron chi connectivity index (χ3n) is 2.47. The number of rotatable bonds is 5. The molecule has 1 nitrogen and oxygen atoms in total. The molecule has 0 aromatic heterocycles. The monoisotopic (exact) mass is 225 g/mol. The predicted octanol–water partition coefficient (Wildman–Crippen LogP) is 3.96. The minimum atomic E-state index is 0.530. The Kier molecular flexibility index (Phi) is 5.13. The second-order valence-electron chi connectivity index (χ2n) is 4.17. The van der Waals surface area contributed by atoms with Crippen molar-refractivity contribution in [2.75, 3.05) is 6.54 Å². The Balaban J connectivity index is 2.77. The minimum absolute atomic E-state index is 0.530. The van der Waals surface area contributed by atoms with Crippen LogP contribution in [-0.4, -0.2) is 6.54 Å². The molecule has 0 spiro atoms. The number of nitrogens with one attached hydrogen (secondary N) is 1. The summed E-state index contributed by atoms with van der Waals surface area (Å²) in [5.41, 5.74) is 2.72. The summed E-state index contributed by atoms with van der Waals surface area (Å²) < 4.78 is 0. The summed E-state index contributed by atoms with van der Waals surface area (Å²) >= 11 is 6.00. The van der Waals surface area contributed by atoms with E-state index in [0.717, 1.165) is 18.1 Å². The predicted molar refractivity (Wildman–Crippen MR) is 67.5 cm³/mol. The van der Waals surface area contributed by atoms with E-state index in [2.05, 4.69) is 38.2 Å². The van der Waals surface area contributed by atoms with E-state index in [-0.39, 0.29) is 0 Å². The van der Waals surface area contributed by atoms with Crippen molar-refractivity contribution < 1.29 is 0 Å². The van der Waals surface area contributed by atoms with E-state index in [1.807, 2.05) is 6.07 Å². The Morgan fingerprint density at radius 2 is 2.07 bits per heavy atom. The van der Waals surface area contributed by atoms with Gasteiger partial charge in [0.15, 0.2) is 0 Å². The second-order valence-corrected chi connectivity index (χ2v) is 4.61. The van der Waals surface area contributed by atoms with Gasteiger partial charge in [0.1, 0.15) is 0 Å². The van der Waals surface area contributed by atoms with Crippen LogP contribution >= 0.6 is 11.6 Å². The molecule has 0 fully saturated rings. The van der Waals surface area contributed by atoms with Crippen molar-refractivity contribution in [1.29, 1.82) is 0 Å². The molecule has 0 aliphatic carbocycles. The summed E-state index contributed by atoms with van der Waals surface area (Å²) in [6.07, 6.45) is 1.17. The molecule has 2 heteroatoms. The Labute approximate surface area is 97.8 Å². The highest BCUT2D eigenvalue weighted by Gasteiger charge is 2.06. The van der Waals surface area contributed by atoms with E-state index >= 15 is 0 Å². The van der Waals surface area contributed by atoms with Gasteiger partial charge in [-0.2, -0.15) is 0 Å². The van der Waals surface area contributed by atoms with Crippen molar-refractivity contribution in [1.82, 2.24) is 5.32 Å². The van der Waals surface area contributed by atoms with E-state index in [1.165, 1.54) is 17.5 Å². The van der Waals surface area contributed by atoms with Gasteiger partial charge in [0.2, 0.25) is 0 Å². The lowest BCUT2D eigenvalue weighted by atomic mass is 9.97. The molecule has 15 heavy (non-hydrogen) atoms. The van der Waals surface area contributed by atoms with Gasteiger partial charge in [-0.15, -0.1) is 0 Å². The molecule has 84 valence electrons. The molecule has 0 aliphatic rings. The third kappa shape index (κ3) is 3.84. The van der Waals surface area contributed by atoms with Crippen molar-refractivity contribution in [3.05, 3.63) is 34.3 Å². The summed E-state index contributed by atoms with van der Waals surface area (Å²) in [6, 6.07) is 6.17. The molecule has 0 unspecified atom stereocenters. The van der Waals surface area contributed by atoms with Crippen molar-refractivity contribution in [2.45, 2.75) is 39.7 Å². The average Bonchev–Trinajstić information content (AvgIpc) is 2.20. The first kappa shape index (κ1) is 12.5. The summed E-state index contributed by atoms with van der Waals surface area (Å²) in [6.45, 7) is 8.60. The molecule has 1 aromatic rings. The van der Waals surface area contributed by atoms with Gasteiger partial charge in [-0.3, -0.25) is 0 Å². The van der Waals surface area contributed by atoms with Crippen LogP contribution in [0.5, 0.6) is 0 Å². The van der Waals surface area contributed by atoms with Gasteiger partial charge < -0.3 is 5.32 Å². The van der Waals surface area contributed by atoms with Crippen molar-refractivity contribution in [3.8, 4) is 0 Å². The first-order chi connectivity index (χ1) is 7.15. The minimum Gasteiger partial charge on any atom is -0.313 e. The molecule has 0 saturated heterocycles. The van der Waals surface area contributed by atoms with E-state index in [4.69, 9.17) is 11.6 Å². The Morgan fingerprint density at radius 3 is 2.67 bits per heavy atom. The van der Waals surface area contributed by atoms with Crippen molar-refractivity contribution in [2.24, 2.45) is 0 Å². The quantitative estimate of drug-likeness (QED) is 0.748. The fraction of sp³-hybridized carbons (Fsp3) is 0.538. The molecule has 1 aromatic carbocycles. The molecule has 0 amide bonds. The Bertz CT molecular complexity index is 307. The molecule has 0 aliphatic heterocycles. The highest BCUT2D eigenvalue weighted by atomic mass is 35.5. The fourth-order valence-electron chi connectivity index (χ4n) is 1.66. The number of hydrogen-bond donors (Lipinski definition) is 1. The van der Waals surface area contributed by atoms with Crippen LogP contribution in [0.4, 0.5) is 0 Å². The van der Waals surface area contributed by atoms with E-state index < -0.39 is 0 Å². The van der Waals surface area contributed by atoms with Crippen LogP contribution in [0.3, 0.4) is 0 Å². The van der Waals surface area contributed by atoms with Gasteiger partial charge in [-0.05, 0) is 42.1 Å². The molecule has 0 bridgehead atoms. The van der Waals surface area contributed by atoms with Gasteiger partial charge in [-0.25, -0.2) is 0 Å². The lowest BCUT2D eigenvalue weighted by Gasteiger charge is -2.13. The lowest BCUT2D eigenvalue weighted by Crippen LogP contribution is -2.15. The summed E-state index contributed by atoms with van der Waals surface area (Å²) in [7, 11) is 0. The average molecular weight is 226 g/mol. The third-order valence-corrected chi connectivity index (χ3v) is 2.71. The highest BCUT2D eigenvalue weighted by Crippen LogP contribution is 2.23. The number of benzene rings is 1. The first-order valence-corrected chi connectivity index (χ1v) is 6.02. The maximum absolute atomic E-state index is 6.00. The fourth-order valence-corrected chi connectivity index (χ4v) is 1.84. The maximum Gasteiger partial charge on any atom is 0.0409 e. The summed E-state index contributed by atoms with van der Waals surface area (Å²) in [4.78, 5) is 0. The van der Waals surface area contributed by atoms with Crippen LogP contribution < -0.4 is 5.32 Å². The summed E-state index contributed by atoms with van der Waals surface area (Å²) in [5.74, 6) is 0.530. The van der Waals surface area contributed by atoms with Gasteiger partial charge >= 0.3 is 0 Å². The van der Waals surface area contributed by atoms with Gasteiger partial charge in [0.05, 0.1) is 0 Å². The Hall–Kier alpha value is -0.530. The van der Waals surface area contributed by atoms with Crippen molar-refractivity contribution in [3.63, 3.8) is 0 Å². The molecule has 0 radical (unpaired) electrons. The second kappa shape index (κ2) is 6.14. The van der Waals surface area contributed by atoms with Crippen LogP contribution in [0.25, 0.3) is 0 Å². The smallest absolute Gasteiger partial charge is 0.0409 e. The first-order valence-electron chi connectivity index (χ1n) is 5.64. The summed E-state index contributed by atoms with van der Waals surface area (Å²) in [5, 5.41) is 4.25. The van der Waals surface area contributed by atoms with Crippen molar-refractivity contribution >= 4 is 11.6 Å². The Morgan fingerprint density at radius 1 is 1.33 bits per heavy atom. The van der Waals surface area contributed by atoms with Gasteiger partial charge in [0.25, 0.3) is 0 Å². The zero-order valence-electron chi connectivity index (χ0n) is 9.81. The highest BCUT2D eigenvalue weighted by molar-refractivity contribution is 6.30. The zero-order chi connectivity index (χ0) is 11.3. The standard InChI is InChI=1S/C13H20ClN/c1-4-7-15-9-11-5-6-12(14)8-13(11)10(2)3/h5-6,8,10,15H,4,7,9H2,1-3H3. The van der Waals surface area contributed by atoms with Crippen LogP contribution in [0.1, 0.15) is 44.2 Å². The maximum atomic E-state index is 6.00. The van der Waals surface area contributed by atoms with Gasteiger partial charge in [-0.1, -0.05) is 38.4 Å². The topological polar surface area (TPSA) is 12.0 Å². The van der Waals surface area contributed by atoms with E-state index in [9.17, 15) is 0 Å². The van der Waals surface area contributed by atoms with Crippen LogP contribution in [0, 0.1) is 0 Å². The van der Waals surface area contributed by atoms with Crippen LogP contribution in [0.15, 0.2) is 18.2 Å². The van der Waals surface area contributed by atoms with Crippen LogP contribution in [-0.2, 0) is 6.54 Å². The molecule has 1 N–H and O–H groups in total. The molecule has 1 rings (SSSR count). The largest absolute Gasteiger partial charge is 0.313 e. The van der Waals surface area contributed by atoms with E-state index in [0.29, 0.717) is 5.92 Å². The molecular formula is C13H20ClN. The molecule has 0 heterocycles. The normalized spacial score (nSPS) is 11.0. The van der Waals surface area contributed by atoms with E-state index in [1.54, 1.807) is 0 Å².